The molecule has 0 aromatic carbocycles. The van der Waals surface area contributed by atoms with E-state index in [0.29, 0.717) is 0 Å². The average molecular weight is 263 g/mol. The zero-order valence-corrected chi connectivity index (χ0v) is 9.87. The standard InChI is InChI=1S/C11H12F3NO3/c1-3-18-9(16)6-7-8(11(12,13)14)4-5-15-10(7)17-2/h4-5H,3,6H2,1-2H3. The van der Waals surface area contributed by atoms with Crippen LogP contribution in [0.1, 0.15) is 18.1 Å². The van der Waals surface area contributed by atoms with Gasteiger partial charge in [-0.1, -0.05) is 0 Å². The Morgan fingerprint density at radius 3 is 2.61 bits per heavy atom. The molecule has 0 amide bonds. The first-order chi connectivity index (χ1) is 8.40. The minimum atomic E-state index is -4.57. The van der Waals surface area contributed by atoms with Gasteiger partial charge in [-0.2, -0.15) is 13.2 Å². The lowest BCUT2D eigenvalue weighted by molar-refractivity contribution is -0.143. The molecule has 0 radical (unpaired) electrons. The molecule has 1 rings (SSSR count). The van der Waals surface area contributed by atoms with E-state index in [-0.39, 0.29) is 18.1 Å². The second-order valence-corrected chi connectivity index (χ2v) is 3.33. The molecule has 100 valence electrons. The van der Waals surface area contributed by atoms with Crippen molar-refractivity contribution in [2.45, 2.75) is 19.5 Å². The van der Waals surface area contributed by atoms with E-state index in [0.717, 1.165) is 12.3 Å². The van der Waals surface area contributed by atoms with Crippen molar-refractivity contribution in [1.29, 1.82) is 0 Å². The number of aromatic nitrogens is 1. The molecule has 0 aliphatic rings. The van der Waals surface area contributed by atoms with Crippen molar-refractivity contribution in [3.63, 3.8) is 0 Å². The van der Waals surface area contributed by atoms with Crippen LogP contribution in [0.15, 0.2) is 12.3 Å². The number of rotatable bonds is 4. The Kier molecular flexibility index (Phi) is 4.52. The molecule has 1 heterocycles. The number of halogens is 3. The van der Waals surface area contributed by atoms with Gasteiger partial charge >= 0.3 is 12.1 Å². The second kappa shape index (κ2) is 5.70. The largest absolute Gasteiger partial charge is 0.481 e. The van der Waals surface area contributed by atoms with E-state index in [2.05, 4.69) is 9.72 Å². The summed E-state index contributed by atoms with van der Waals surface area (Å²) in [6.45, 7) is 1.67. The fourth-order valence-corrected chi connectivity index (χ4v) is 1.44. The van der Waals surface area contributed by atoms with Crippen molar-refractivity contribution in [2.24, 2.45) is 0 Å². The van der Waals surface area contributed by atoms with Gasteiger partial charge in [0.05, 0.1) is 25.7 Å². The predicted octanol–water partition coefficient (Wildman–Crippen LogP) is 2.21. The van der Waals surface area contributed by atoms with Gasteiger partial charge in [0.1, 0.15) is 0 Å². The summed E-state index contributed by atoms with van der Waals surface area (Å²) in [4.78, 5) is 14.9. The molecule has 1 aromatic heterocycles. The fourth-order valence-electron chi connectivity index (χ4n) is 1.44. The van der Waals surface area contributed by atoms with Crippen LogP contribution in [0.3, 0.4) is 0 Å². The lowest BCUT2D eigenvalue weighted by Gasteiger charge is -2.14. The molecule has 0 aliphatic carbocycles. The van der Waals surface area contributed by atoms with E-state index in [1.54, 1.807) is 6.92 Å². The smallest absolute Gasteiger partial charge is 0.416 e. The van der Waals surface area contributed by atoms with Crippen LogP contribution >= 0.6 is 0 Å². The summed E-state index contributed by atoms with van der Waals surface area (Å²) in [5.41, 5.74) is -1.26. The lowest BCUT2D eigenvalue weighted by Crippen LogP contribution is -2.16. The minimum Gasteiger partial charge on any atom is -0.481 e. The molecule has 7 heteroatoms. The summed E-state index contributed by atoms with van der Waals surface area (Å²) >= 11 is 0. The summed E-state index contributed by atoms with van der Waals surface area (Å²) in [7, 11) is 1.19. The Balaban J connectivity index is 3.16. The van der Waals surface area contributed by atoms with Gasteiger partial charge < -0.3 is 9.47 Å². The Morgan fingerprint density at radius 2 is 2.11 bits per heavy atom. The Hall–Kier alpha value is -1.79. The number of pyridine rings is 1. The molecule has 18 heavy (non-hydrogen) atoms. The van der Waals surface area contributed by atoms with Crippen molar-refractivity contribution >= 4 is 5.97 Å². The van der Waals surface area contributed by atoms with E-state index >= 15 is 0 Å². The maximum atomic E-state index is 12.8. The Labute approximate surface area is 102 Å². The van der Waals surface area contributed by atoms with Crippen molar-refractivity contribution in [3.05, 3.63) is 23.4 Å². The maximum absolute atomic E-state index is 12.8. The van der Waals surface area contributed by atoms with Gasteiger partial charge in [-0.15, -0.1) is 0 Å². The maximum Gasteiger partial charge on any atom is 0.416 e. The summed E-state index contributed by atoms with van der Waals surface area (Å²) in [6.07, 6.45) is -4.12. The van der Waals surface area contributed by atoms with E-state index in [1.807, 2.05) is 0 Å². The highest BCUT2D eigenvalue weighted by Gasteiger charge is 2.35. The quantitative estimate of drug-likeness (QED) is 0.781. The van der Waals surface area contributed by atoms with Gasteiger partial charge in [-0.05, 0) is 13.0 Å². The number of hydrogen-bond donors (Lipinski definition) is 0. The van der Waals surface area contributed by atoms with Gasteiger partial charge in [0.2, 0.25) is 5.88 Å². The van der Waals surface area contributed by atoms with E-state index in [1.165, 1.54) is 7.11 Å². The number of carbonyl (C=O) groups is 1. The van der Waals surface area contributed by atoms with Crippen molar-refractivity contribution in [2.75, 3.05) is 13.7 Å². The first kappa shape index (κ1) is 14.3. The zero-order chi connectivity index (χ0) is 13.8. The zero-order valence-electron chi connectivity index (χ0n) is 9.87. The van der Waals surface area contributed by atoms with Crippen LogP contribution in [-0.4, -0.2) is 24.7 Å². The number of methoxy groups -OCH3 is 1. The molecule has 0 bridgehead atoms. The summed E-state index contributed by atoms with van der Waals surface area (Å²) in [5.74, 6) is -0.979. The highest BCUT2D eigenvalue weighted by molar-refractivity contribution is 5.74. The average Bonchev–Trinajstić information content (AvgIpc) is 2.28. The third kappa shape index (κ3) is 3.35. The van der Waals surface area contributed by atoms with Gasteiger partial charge in [0.15, 0.2) is 0 Å². The normalized spacial score (nSPS) is 11.2. The number of esters is 1. The van der Waals surface area contributed by atoms with Gasteiger partial charge in [0, 0.05) is 11.8 Å². The van der Waals surface area contributed by atoms with Crippen LogP contribution in [0.5, 0.6) is 5.88 Å². The molecule has 0 saturated heterocycles. The Bertz CT molecular complexity index is 432. The monoisotopic (exact) mass is 263 g/mol. The highest BCUT2D eigenvalue weighted by atomic mass is 19.4. The lowest BCUT2D eigenvalue weighted by atomic mass is 10.1. The molecule has 0 aliphatic heterocycles. The number of carbonyl (C=O) groups excluding carboxylic acids is 1. The van der Waals surface area contributed by atoms with Gasteiger partial charge in [0.25, 0.3) is 0 Å². The van der Waals surface area contributed by atoms with Crippen LogP contribution in [0.25, 0.3) is 0 Å². The van der Waals surface area contributed by atoms with Crippen LogP contribution < -0.4 is 4.74 Å². The molecule has 0 saturated carbocycles. The molecule has 0 unspecified atom stereocenters. The number of hydrogen-bond acceptors (Lipinski definition) is 4. The second-order valence-electron chi connectivity index (χ2n) is 3.33. The first-order valence-corrected chi connectivity index (χ1v) is 5.14. The van der Waals surface area contributed by atoms with Gasteiger partial charge in [-0.3, -0.25) is 4.79 Å². The molecule has 0 N–H and O–H groups in total. The van der Waals surface area contributed by atoms with Crippen LogP contribution in [0.2, 0.25) is 0 Å². The topological polar surface area (TPSA) is 48.4 Å². The van der Waals surface area contributed by atoms with Crippen molar-refractivity contribution in [1.82, 2.24) is 4.98 Å². The van der Waals surface area contributed by atoms with Gasteiger partial charge in [-0.25, -0.2) is 4.98 Å². The summed E-state index contributed by atoms with van der Waals surface area (Å²) < 4.78 is 47.7. The Morgan fingerprint density at radius 1 is 1.44 bits per heavy atom. The van der Waals surface area contributed by atoms with Crippen molar-refractivity contribution < 1.29 is 27.4 Å². The minimum absolute atomic E-state index is 0.1000. The molecular weight excluding hydrogens is 251 g/mol. The number of nitrogens with zero attached hydrogens (tertiary/aromatic N) is 1. The van der Waals surface area contributed by atoms with Crippen molar-refractivity contribution in [3.8, 4) is 5.88 Å². The molecule has 0 spiro atoms. The third-order valence-electron chi connectivity index (χ3n) is 2.14. The van der Waals surface area contributed by atoms with E-state index in [9.17, 15) is 18.0 Å². The fraction of sp³-hybridized carbons (Fsp3) is 0.455. The van der Waals surface area contributed by atoms with E-state index < -0.39 is 24.1 Å². The SMILES string of the molecule is CCOC(=O)Cc1c(C(F)(F)F)ccnc1OC. The highest BCUT2D eigenvalue weighted by Crippen LogP contribution is 2.35. The summed E-state index contributed by atoms with van der Waals surface area (Å²) in [6, 6.07) is 0.803. The third-order valence-corrected chi connectivity index (χ3v) is 2.14. The van der Waals surface area contributed by atoms with Crippen LogP contribution in [-0.2, 0) is 22.1 Å². The van der Waals surface area contributed by atoms with E-state index in [4.69, 9.17) is 4.74 Å². The predicted molar refractivity (Wildman–Crippen MR) is 56.1 cm³/mol. The molecule has 0 fully saturated rings. The molecular formula is C11H12F3NO3. The molecule has 1 aromatic rings. The molecule has 0 atom stereocenters. The first-order valence-electron chi connectivity index (χ1n) is 5.14. The summed E-state index contributed by atoms with van der Waals surface area (Å²) in [5, 5.41) is 0. The van der Waals surface area contributed by atoms with Crippen LogP contribution in [0, 0.1) is 0 Å². The number of ether oxygens (including phenoxy) is 2. The number of alkyl halides is 3. The van der Waals surface area contributed by atoms with Crippen LogP contribution in [0.4, 0.5) is 13.2 Å². The molecule has 4 nitrogen and oxygen atoms in total.